The number of nitrogens with zero attached hydrogens (tertiary/aromatic N) is 2. The second-order valence-corrected chi connectivity index (χ2v) is 5.24. The van der Waals surface area contributed by atoms with E-state index >= 15 is 0 Å². The first-order chi connectivity index (χ1) is 11.5. The number of nitrogens with one attached hydrogen (secondary N) is 2. The van der Waals surface area contributed by atoms with E-state index in [0.29, 0.717) is 37.5 Å². The fourth-order valence-electron chi connectivity index (χ4n) is 2.17. The van der Waals surface area contributed by atoms with Crippen LogP contribution in [0, 0.1) is 12.7 Å². The minimum atomic E-state index is -0.473. The van der Waals surface area contributed by atoms with Crippen LogP contribution < -0.4 is 10.6 Å². The van der Waals surface area contributed by atoms with Gasteiger partial charge >= 0.3 is 0 Å². The molecule has 0 fully saturated rings. The topological polar surface area (TPSA) is 88.4 Å². The van der Waals surface area contributed by atoms with Crippen LogP contribution in [0.5, 0.6) is 5.75 Å². The Morgan fingerprint density at radius 2 is 2.17 bits per heavy atom. The lowest BCUT2D eigenvalue weighted by molar-refractivity contribution is 0.0945. The van der Waals surface area contributed by atoms with Gasteiger partial charge in [0, 0.05) is 26.7 Å². The van der Waals surface area contributed by atoms with Crippen molar-refractivity contribution in [2.45, 2.75) is 6.92 Å². The summed E-state index contributed by atoms with van der Waals surface area (Å²) in [6.07, 6.45) is 1.33. The van der Waals surface area contributed by atoms with E-state index in [2.05, 4.69) is 15.7 Å². The number of ether oxygens (including phenoxy) is 1. The number of carbonyl (C=O) groups is 1. The molecule has 0 saturated heterocycles. The molecule has 7 nitrogen and oxygen atoms in total. The van der Waals surface area contributed by atoms with Crippen LogP contribution in [0.15, 0.2) is 24.4 Å². The van der Waals surface area contributed by atoms with Crippen molar-refractivity contribution in [1.29, 1.82) is 0 Å². The molecule has 24 heavy (non-hydrogen) atoms. The summed E-state index contributed by atoms with van der Waals surface area (Å²) < 4.78 is 19.4. The van der Waals surface area contributed by atoms with Gasteiger partial charge in [0.25, 0.3) is 5.91 Å². The van der Waals surface area contributed by atoms with E-state index in [1.807, 2.05) is 0 Å². The number of hydrogen-bond acceptors (Lipinski definition) is 5. The Balaban J connectivity index is 1.99. The van der Waals surface area contributed by atoms with Crippen molar-refractivity contribution in [2.24, 2.45) is 0 Å². The summed E-state index contributed by atoms with van der Waals surface area (Å²) in [5.74, 6) is -1.06. The average Bonchev–Trinajstić information content (AvgIpc) is 2.92. The molecule has 130 valence electrons. The van der Waals surface area contributed by atoms with Gasteiger partial charge in [0.1, 0.15) is 5.82 Å². The smallest absolute Gasteiger partial charge is 0.275 e. The summed E-state index contributed by atoms with van der Waals surface area (Å²) in [6, 6.07) is 4.20. The second kappa shape index (κ2) is 8.42. The summed E-state index contributed by atoms with van der Waals surface area (Å²) in [4.78, 5) is 12.1. The third-order valence-electron chi connectivity index (χ3n) is 3.39. The number of hydrogen-bond donors (Lipinski definition) is 3. The van der Waals surface area contributed by atoms with Gasteiger partial charge in [-0.1, -0.05) is 0 Å². The standard InChI is InChI=1S/C16H21FN4O3/c1-11-9-12(17)3-4-13(11)21-10-14(22)15(20-21)16(23)19-6-5-18-7-8-24-2/h3-4,9-10,18,22H,5-8H2,1-2H3,(H,19,23). The predicted octanol–water partition coefficient (Wildman–Crippen LogP) is 0.991. The highest BCUT2D eigenvalue weighted by molar-refractivity contribution is 5.94. The number of methoxy groups -OCH3 is 1. The first kappa shape index (κ1) is 17.9. The molecule has 1 aromatic heterocycles. The largest absolute Gasteiger partial charge is 0.504 e. The highest BCUT2D eigenvalue weighted by atomic mass is 19.1. The van der Waals surface area contributed by atoms with Crippen molar-refractivity contribution in [3.63, 3.8) is 0 Å². The van der Waals surface area contributed by atoms with Crippen LogP contribution in [0.25, 0.3) is 5.69 Å². The molecule has 1 heterocycles. The van der Waals surface area contributed by atoms with Gasteiger partial charge in [0.2, 0.25) is 0 Å². The van der Waals surface area contributed by atoms with Crippen molar-refractivity contribution < 1.29 is 19.0 Å². The van der Waals surface area contributed by atoms with Crippen molar-refractivity contribution in [1.82, 2.24) is 20.4 Å². The number of aromatic nitrogens is 2. The van der Waals surface area contributed by atoms with Crippen molar-refractivity contribution >= 4 is 5.91 Å². The Morgan fingerprint density at radius 3 is 2.88 bits per heavy atom. The maximum absolute atomic E-state index is 13.2. The maximum Gasteiger partial charge on any atom is 0.275 e. The van der Waals surface area contributed by atoms with Crippen LogP contribution in [0.4, 0.5) is 4.39 Å². The minimum absolute atomic E-state index is 0.0735. The summed E-state index contributed by atoms with van der Waals surface area (Å²) in [5, 5.41) is 19.8. The lowest BCUT2D eigenvalue weighted by Gasteiger charge is -2.06. The summed E-state index contributed by atoms with van der Waals surface area (Å²) in [6.45, 7) is 3.98. The van der Waals surface area contributed by atoms with E-state index in [1.54, 1.807) is 20.1 Å². The number of halogens is 1. The first-order valence-electron chi connectivity index (χ1n) is 7.56. The fourth-order valence-corrected chi connectivity index (χ4v) is 2.17. The molecule has 0 saturated carbocycles. The molecule has 1 amide bonds. The molecule has 8 heteroatoms. The number of carbonyl (C=O) groups excluding carboxylic acids is 1. The van der Waals surface area contributed by atoms with Gasteiger partial charge in [0.05, 0.1) is 18.5 Å². The summed E-state index contributed by atoms with van der Waals surface area (Å²) in [5.41, 5.74) is 1.16. The highest BCUT2D eigenvalue weighted by Crippen LogP contribution is 2.20. The molecule has 2 rings (SSSR count). The molecule has 0 aliphatic rings. The SMILES string of the molecule is COCCNCCNC(=O)c1nn(-c2ccc(F)cc2C)cc1O. The lowest BCUT2D eigenvalue weighted by atomic mass is 10.2. The van der Waals surface area contributed by atoms with E-state index in [1.165, 1.54) is 23.0 Å². The normalized spacial score (nSPS) is 10.8. The monoisotopic (exact) mass is 336 g/mol. The molecule has 3 N–H and O–H groups in total. The average molecular weight is 336 g/mol. The van der Waals surface area contributed by atoms with Gasteiger partial charge < -0.3 is 20.5 Å². The molecule has 0 aliphatic heterocycles. The van der Waals surface area contributed by atoms with E-state index in [9.17, 15) is 14.3 Å². The van der Waals surface area contributed by atoms with Crippen LogP contribution >= 0.6 is 0 Å². The zero-order valence-corrected chi connectivity index (χ0v) is 13.7. The van der Waals surface area contributed by atoms with Crippen LogP contribution in [0.3, 0.4) is 0 Å². The Hall–Kier alpha value is -2.45. The molecule has 0 bridgehead atoms. The molecule has 2 aromatic rings. The third-order valence-corrected chi connectivity index (χ3v) is 3.39. The van der Waals surface area contributed by atoms with Gasteiger partial charge in [-0.15, -0.1) is 0 Å². The van der Waals surface area contributed by atoms with Crippen LogP contribution in [0.1, 0.15) is 16.1 Å². The number of aryl methyl sites for hydroxylation is 1. The van der Waals surface area contributed by atoms with Crippen molar-refractivity contribution in [3.05, 3.63) is 41.5 Å². The molecule has 0 aliphatic carbocycles. The molecular formula is C16H21FN4O3. The number of rotatable bonds is 8. The lowest BCUT2D eigenvalue weighted by Crippen LogP contribution is -2.33. The number of amides is 1. The molecular weight excluding hydrogens is 315 g/mol. The highest BCUT2D eigenvalue weighted by Gasteiger charge is 2.17. The fraction of sp³-hybridized carbons (Fsp3) is 0.375. The van der Waals surface area contributed by atoms with E-state index in [0.717, 1.165) is 0 Å². The molecule has 0 spiro atoms. The van der Waals surface area contributed by atoms with Crippen LogP contribution in [0.2, 0.25) is 0 Å². The van der Waals surface area contributed by atoms with Crippen molar-refractivity contribution in [2.75, 3.05) is 33.4 Å². The van der Waals surface area contributed by atoms with E-state index < -0.39 is 5.91 Å². The Morgan fingerprint density at radius 1 is 1.38 bits per heavy atom. The number of benzene rings is 1. The summed E-state index contributed by atoms with van der Waals surface area (Å²) in [7, 11) is 1.62. The van der Waals surface area contributed by atoms with Crippen LogP contribution in [-0.2, 0) is 4.74 Å². The van der Waals surface area contributed by atoms with Crippen LogP contribution in [-0.4, -0.2) is 54.1 Å². The minimum Gasteiger partial charge on any atom is -0.504 e. The summed E-state index contributed by atoms with van der Waals surface area (Å²) >= 11 is 0. The zero-order valence-electron chi connectivity index (χ0n) is 13.7. The maximum atomic E-state index is 13.2. The molecule has 0 radical (unpaired) electrons. The Kier molecular flexibility index (Phi) is 6.28. The van der Waals surface area contributed by atoms with Gasteiger partial charge in [-0.05, 0) is 30.7 Å². The van der Waals surface area contributed by atoms with Crippen molar-refractivity contribution in [3.8, 4) is 11.4 Å². The van der Waals surface area contributed by atoms with Gasteiger partial charge in [0.15, 0.2) is 11.4 Å². The number of aromatic hydroxyl groups is 1. The van der Waals surface area contributed by atoms with Gasteiger partial charge in [-0.3, -0.25) is 4.79 Å². The van der Waals surface area contributed by atoms with Gasteiger partial charge in [-0.2, -0.15) is 5.10 Å². The molecule has 0 unspecified atom stereocenters. The predicted molar refractivity (Wildman–Crippen MR) is 87.0 cm³/mol. The van der Waals surface area contributed by atoms with E-state index in [4.69, 9.17) is 4.74 Å². The van der Waals surface area contributed by atoms with E-state index in [-0.39, 0.29) is 17.3 Å². The van der Waals surface area contributed by atoms with Gasteiger partial charge in [-0.25, -0.2) is 9.07 Å². The zero-order chi connectivity index (χ0) is 17.5. The third kappa shape index (κ3) is 4.53. The Bertz CT molecular complexity index is 703. The Labute approximate surface area is 139 Å². The second-order valence-electron chi connectivity index (χ2n) is 5.24. The molecule has 1 aromatic carbocycles. The quantitative estimate of drug-likeness (QED) is 0.626. The first-order valence-corrected chi connectivity index (χ1v) is 7.56. The molecule has 0 atom stereocenters.